The fourth-order valence-electron chi connectivity index (χ4n) is 2.28. The average molecular weight is 235 g/mol. The van der Waals surface area contributed by atoms with Gasteiger partial charge in [-0.3, -0.25) is 0 Å². The molecular formula is C13H14FNO2. The van der Waals surface area contributed by atoms with Gasteiger partial charge in [0, 0.05) is 11.6 Å². The van der Waals surface area contributed by atoms with Gasteiger partial charge in [-0.25, -0.2) is 9.18 Å². The van der Waals surface area contributed by atoms with Crippen LogP contribution in [-0.2, 0) is 10.3 Å². The summed E-state index contributed by atoms with van der Waals surface area (Å²) in [4.78, 5) is 14.3. The van der Waals surface area contributed by atoms with Crippen molar-refractivity contribution in [2.45, 2.75) is 31.7 Å². The van der Waals surface area contributed by atoms with E-state index in [1.165, 1.54) is 13.2 Å². The molecule has 1 aromatic rings. The summed E-state index contributed by atoms with van der Waals surface area (Å²) >= 11 is 0. The third kappa shape index (κ3) is 1.85. The van der Waals surface area contributed by atoms with Crippen LogP contribution in [0.15, 0.2) is 17.1 Å². The summed E-state index contributed by atoms with van der Waals surface area (Å²) in [6.07, 6.45) is 3.91. The van der Waals surface area contributed by atoms with Crippen molar-refractivity contribution in [2.24, 2.45) is 4.99 Å². The lowest BCUT2D eigenvalue weighted by molar-refractivity contribution is 0.247. The van der Waals surface area contributed by atoms with E-state index in [1.807, 2.05) is 6.92 Å². The van der Waals surface area contributed by atoms with Crippen LogP contribution in [0.25, 0.3) is 0 Å². The molecule has 0 radical (unpaired) electrons. The van der Waals surface area contributed by atoms with E-state index >= 15 is 0 Å². The van der Waals surface area contributed by atoms with Gasteiger partial charge in [-0.05, 0) is 37.8 Å². The van der Waals surface area contributed by atoms with E-state index in [2.05, 4.69) is 4.99 Å². The van der Waals surface area contributed by atoms with Crippen molar-refractivity contribution in [3.63, 3.8) is 0 Å². The summed E-state index contributed by atoms with van der Waals surface area (Å²) in [5, 5.41) is 0. The Morgan fingerprint density at radius 3 is 2.65 bits per heavy atom. The molecule has 2 rings (SSSR count). The second-order valence-corrected chi connectivity index (χ2v) is 4.39. The number of benzene rings is 1. The number of hydrogen-bond donors (Lipinski definition) is 0. The first-order valence-electron chi connectivity index (χ1n) is 5.56. The number of carbonyl (C=O) groups excluding carboxylic acids is 1. The highest BCUT2D eigenvalue weighted by atomic mass is 19.1. The molecule has 4 heteroatoms. The van der Waals surface area contributed by atoms with Gasteiger partial charge >= 0.3 is 0 Å². The highest BCUT2D eigenvalue weighted by Gasteiger charge is 2.41. The lowest BCUT2D eigenvalue weighted by atomic mass is 9.72. The summed E-state index contributed by atoms with van der Waals surface area (Å²) < 4.78 is 19.0. The molecule has 0 heterocycles. The van der Waals surface area contributed by atoms with E-state index in [9.17, 15) is 9.18 Å². The first kappa shape index (κ1) is 11.8. The van der Waals surface area contributed by atoms with E-state index < -0.39 is 5.54 Å². The van der Waals surface area contributed by atoms with E-state index in [1.54, 1.807) is 12.1 Å². The van der Waals surface area contributed by atoms with E-state index in [0.29, 0.717) is 24.2 Å². The summed E-state index contributed by atoms with van der Waals surface area (Å²) in [5.41, 5.74) is 0.629. The maximum atomic E-state index is 14.0. The molecule has 0 aromatic heterocycles. The zero-order valence-electron chi connectivity index (χ0n) is 9.92. The molecule has 0 unspecified atom stereocenters. The summed E-state index contributed by atoms with van der Waals surface area (Å²) in [7, 11) is 1.50. The van der Waals surface area contributed by atoms with Crippen LogP contribution in [0.5, 0.6) is 5.75 Å². The Kier molecular flexibility index (Phi) is 2.99. The van der Waals surface area contributed by atoms with E-state index in [0.717, 1.165) is 12.0 Å². The van der Waals surface area contributed by atoms with Crippen molar-refractivity contribution in [2.75, 3.05) is 7.11 Å². The van der Waals surface area contributed by atoms with Gasteiger partial charge in [-0.2, -0.15) is 4.99 Å². The summed E-state index contributed by atoms with van der Waals surface area (Å²) in [5.74, 6) is 0.141. The molecule has 1 aromatic carbocycles. The highest BCUT2D eigenvalue weighted by molar-refractivity contribution is 5.44. The molecule has 1 aliphatic carbocycles. The van der Waals surface area contributed by atoms with Crippen molar-refractivity contribution in [3.8, 4) is 5.75 Å². The smallest absolute Gasteiger partial charge is 0.235 e. The van der Waals surface area contributed by atoms with Crippen LogP contribution < -0.4 is 4.74 Å². The lowest BCUT2D eigenvalue weighted by Gasteiger charge is -2.37. The zero-order chi connectivity index (χ0) is 12.5. The normalized spacial score (nSPS) is 16.9. The SMILES string of the molecule is COc1cc(F)c(C2(N=C=O)CCC2)cc1C. The number of rotatable bonds is 3. The predicted molar refractivity (Wildman–Crippen MR) is 61.3 cm³/mol. The van der Waals surface area contributed by atoms with Crippen LogP contribution in [-0.4, -0.2) is 13.2 Å². The molecule has 0 atom stereocenters. The average Bonchev–Trinajstić information content (AvgIpc) is 2.26. The van der Waals surface area contributed by atoms with Crippen molar-refractivity contribution < 1.29 is 13.9 Å². The van der Waals surface area contributed by atoms with Crippen molar-refractivity contribution in [3.05, 3.63) is 29.1 Å². The van der Waals surface area contributed by atoms with Gasteiger partial charge in [0.2, 0.25) is 6.08 Å². The summed E-state index contributed by atoms with van der Waals surface area (Å²) in [6.45, 7) is 1.85. The topological polar surface area (TPSA) is 38.7 Å². The molecule has 1 fully saturated rings. The molecule has 0 N–H and O–H groups in total. The minimum atomic E-state index is -0.692. The van der Waals surface area contributed by atoms with E-state index in [4.69, 9.17) is 4.74 Å². The van der Waals surface area contributed by atoms with Gasteiger partial charge < -0.3 is 4.74 Å². The van der Waals surface area contributed by atoms with Gasteiger partial charge in [-0.1, -0.05) is 0 Å². The Labute approximate surface area is 99.3 Å². The Morgan fingerprint density at radius 1 is 1.47 bits per heavy atom. The first-order valence-corrected chi connectivity index (χ1v) is 5.56. The van der Waals surface area contributed by atoms with Crippen LogP contribution in [0, 0.1) is 12.7 Å². The molecule has 0 spiro atoms. The van der Waals surface area contributed by atoms with Crippen molar-refractivity contribution in [1.29, 1.82) is 0 Å². The number of aryl methyl sites for hydroxylation is 1. The Morgan fingerprint density at radius 2 is 2.18 bits per heavy atom. The number of nitrogens with zero attached hydrogens (tertiary/aromatic N) is 1. The van der Waals surface area contributed by atoms with E-state index in [-0.39, 0.29) is 5.82 Å². The highest BCUT2D eigenvalue weighted by Crippen LogP contribution is 2.46. The predicted octanol–water partition coefficient (Wildman–Crippen LogP) is 2.86. The molecule has 1 saturated carbocycles. The molecule has 90 valence electrons. The van der Waals surface area contributed by atoms with Gasteiger partial charge in [0.25, 0.3) is 0 Å². The monoisotopic (exact) mass is 235 g/mol. The maximum absolute atomic E-state index is 14.0. The Balaban J connectivity index is 2.52. The molecule has 0 aliphatic heterocycles. The van der Waals surface area contributed by atoms with Crippen LogP contribution in [0.3, 0.4) is 0 Å². The first-order chi connectivity index (χ1) is 8.13. The van der Waals surface area contributed by atoms with Crippen LogP contribution in [0.2, 0.25) is 0 Å². The number of aliphatic imine (C=N–C) groups is 1. The van der Waals surface area contributed by atoms with Crippen LogP contribution in [0.4, 0.5) is 4.39 Å². The molecule has 0 saturated heterocycles. The van der Waals surface area contributed by atoms with Gasteiger partial charge in [-0.15, -0.1) is 0 Å². The number of methoxy groups -OCH3 is 1. The Bertz CT molecular complexity index is 488. The maximum Gasteiger partial charge on any atom is 0.235 e. The molecule has 1 aliphatic rings. The zero-order valence-corrected chi connectivity index (χ0v) is 9.92. The van der Waals surface area contributed by atoms with Gasteiger partial charge in [0.1, 0.15) is 17.1 Å². The minimum absolute atomic E-state index is 0.369. The van der Waals surface area contributed by atoms with Crippen molar-refractivity contribution >= 4 is 6.08 Å². The fraction of sp³-hybridized carbons (Fsp3) is 0.462. The third-order valence-corrected chi connectivity index (χ3v) is 3.43. The van der Waals surface area contributed by atoms with Crippen molar-refractivity contribution in [1.82, 2.24) is 0 Å². The third-order valence-electron chi connectivity index (χ3n) is 3.43. The minimum Gasteiger partial charge on any atom is -0.496 e. The van der Waals surface area contributed by atoms with Crippen LogP contribution in [0.1, 0.15) is 30.4 Å². The van der Waals surface area contributed by atoms with Gasteiger partial charge in [0.05, 0.1) is 7.11 Å². The number of halogens is 1. The molecule has 0 bridgehead atoms. The summed E-state index contributed by atoms with van der Waals surface area (Å²) in [6, 6.07) is 3.07. The van der Waals surface area contributed by atoms with Gasteiger partial charge in [0.15, 0.2) is 0 Å². The fourth-order valence-corrected chi connectivity index (χ4v) is 2.28. The largest absolute Gasteiger partial charge is 0.496 e. The molecular weight excluding hydrogens is 221 g/mol. The number of ether oxygens (including phenoxy) is 1. The standard InChI is InChI=1S/C13H14FNO2/c1-9-6-10(11(14)7-12(9)17-2)13(15-8-16)4-3-5-13/h6-7H,3-5H2,1-2H3. The second-order valence-electron chi connectivity index (χ2n) is 4.39. The second kappa shape index (κ2) is 4.30. The Hall–Kier alpha value is -1.67. The number of isocyanates is 1. The molecule has 17 heavy (non-hydrogen) atoms. The lowest BCUT2D eigenvalue weighted by Crippen LogP contribution is -2.33. The van der Waals surface area contributed by atoms with Crippen LogP contribution >= 0.6 is 0 Å². The number of hydrogen-bond acceptors (Lipinski definition) is 3. The molecule has 3 nitrogen and oxygen atoms in total. The molecule has 0 amide bonds. The quantitative estimate of drug-likeness (QED) is 0.597.